The Hall–Kier alpha value is -0.120. The van der Waals surface area contributed by atoms with Crippen LogP contribution in [0.15, 0.2) is 0 Å². The molecule has 0 bridgehead atoms. The Morgan fingerprint density at radius 1 is 1.05 bits per heavy atom. The molecule has 0 aliphatic carbocycles. The van der Waals surface area contributed by atoms with E-state index in [1.165, 1.54) is 64.8 Å². The molecule has 2 unspecified atom stereocenters. The minimum atomic E-state index is 0.696. The smallest absolute Gasteiger partial charge is 0.00387 e. The molecule has 0 spiro atoms. The van der Waals surface area contributed by atoms with E-state index in [0.29, 0.717) is 12.0 Å². The Kier molecular flexibility index (Phi) is 6.11. The molecule has 2 N–H and O–H groups in total. The third-order valence-corrected chi connectivity index (χ3v) is 5.15. The van der Waals surface area contributed by atoms with E-state index >= 15 is 0 Å². The third-order valence-electron chi connectivity index (χ3n) is 5.15. The lowest BCUT2D eigenvalue weighted by atomic mass is 9.91. The topological polar surface area (TPSA) is 32.5 Å². The van der Waals surface area contributed by atoms with Crippen LogP contribution in [-0.2, 0) is 0 Å². The molecule has 0 radical (unpaired) electrons. The van der Waals surface area contributed by atoms with Gasteiger partial charge >= 0.3 is 0 Å². The van der Waals surface area contributed by atoms with E-state index in [-0.39, 0.29) is 0 Å². The van der Waals surface area contributed by atoms with Crippen LogP contribution in [0.1, 0.15) is 46.0 Å². The Morgan fingerprint density at radius 3 is 2.26 bits per heavy atom. The van der Waals surface area contributed by atoms with Crippen LogP contribution in [0, 0.1) is 11.8 Å². The average molecular weight is 267 g/mol. The highest BCUT2D eigenvalue weighted by Crippen LogP contribution is 2.26. The van der Waals surface area contributed by atoms with E-state index in [1.54, 1.807) is 0 Å². The summed E-state index contributed by atoms with van der Waals surface area (Å²) in [5.41, 5.74) is 6.09. The first-order valence-electron chi connectivity index (χ1n) is 8.37. The molecule has 2 aliphatic rings. The van der Waals surface area contributed by atoms with Gasteiger partial charge in [-0.25, -0.2) is 0 Å². The van der Waals surface area contributed by atoms with E-state index < -0.39 is 0 Å². The molecule has 2 rings (SSSR count). The fraction of sp³-hybridized carbons (Fsp3) is 1.00. The quantitative estimate of drug-likeness (QED) is 0.828. The standard InChI is InChI=1S/C16H33N3/c1-14(2)19-10-7-15(13-19)16(11-17)12-18-8-5-3-4-6-9-18/h14-16H,3-13,17H2,1-2H3. The van der Waals surface area contributed by atoms with Crippen LogP contribution < -0.4 is 5.73 Å². The van der Waals surface area contributed by atoms with Crippen molar-refractivity contribution in [1.82, 2.24) is 9.80 Å². The summed E-state index contributed by atoms with van der Waals surface area (Å²) in [6.45, 7) is 11.9. The normalized spacial score (nSPS) is 28.7. The molecule has 2 fully saturated rings. The second-order valence-corrected chi connectivity index (χ2v) is 6.85. The summed E-state index contributed by atoms with van der Waals surface area (Å²) in [4.78, 5) is 5.30. The summed E-state index contributed by atoms with van der Waals surface area (Å²) < 4.78 is 0. The molecule has 2 atom stereocenters. The summed E-state index contributed by atoms with van der Waals surface area (Å²) >= 11 is 0. The van der Waals surface area contributed by atoms with E-state index in [4.69, 9.17) is 5.73 Å². The Labute approximate surface area is 119 Å². The zero-order valence-electron chi connectivity index (χ0n) is 13.0. The molecule has 19 heavy (non-hydrogen) atoms. The second kappa shape index (κ2) is 7.61. The Balaban J connectivity index is 1.82. The molecule has 2 saturated heterocycles. The first-order valence-corrected chi connectivity index (χ1v) is 8.37. The summed E-state index contributed by atoms with van der Waals surface area (Å²) in [6.07, 6.45) is 6.98. The van der Waals surface area contributed by atoms with Crippen molar-refractivity contribution in [2.75, 3.05) is 39.3 Å². The first-order chi connectivity index (χ1) is 9.20. The molecule has 3 nitrogen and oxygen atoms in total. The van der Waals surface area contributed by atoms with Gasteiger partial charge in [0.1, 0.15) is 0 Å². The maximum absolute atomic E-state index is 6.09. The van der Waals surface area contributed by atoms with Crippen LogP contribution in [-0.4, -0.2) is 55.1 Å². The highest BCUT2D eigenvalue weighted by molar-refractivity contribution is 4.85. The van der Waals surface area contributed by atoms with Crippen molar-refractivity contribution >= 4 is 0 Å². The van der Waals surface area contributed by atoms with Gasteiger partial charge in [-0.2, -0.15) is 0 Å². The molecule has 0 aromatic heterocycles. The predicted molar refractivity (Wildman–Crippen MR) is 82.3 cm³/mol. The maximum Gasteiger partial charge on any atom is 0.00387 e. The molecular weight excluding hydrogens is 234 g/mol. The largest absolute Gasteiger partial charge is 0.330 e. The molecule has 0 aromatic rings. The fourth-order valence-corrected chi connectivity index (χ4v) is 3.74. The lowest BCUT2D eigenvalue weighted by Crippen LogP contribution is -2.39. The number of nitrogens with zero attached hydrogens (tertiary/aromatic N) is 2. The average Bonchev–Trinajstić information content (AvgIpc) is 2.75. The van der Waals surface area contributed by atoms with Gasteiger partial charge in [-0.15, -0.1) is 0 Å². The molecular formula is C16H33N3. The van der Waals surface area contributed by atoms with Gasteiger partial charge in [0.15, 0.2) is 0 Å². The highest BCUT2D eigenvalue weighted by atomic mass is 15.2. The number of rotatable bonds is 5. The lowest BCUT2D eigenvalue weighted by Gasteiger charge is -2.30. The van der Waals surface area contributed by atoms with E-state index in [0.717, 1.165) is 12.5 Å². The van der Waals surface area contributed by atoms with Gasteiger partial charge in [0.2, 0.25) is 0 Å². The monoisotopic (exact) mass is 267 g/mol. The summed E-state index contributed by atoms with van der Waals surface area (Å²) in [5.74, 6) is 1.54. The maximum atomic E-state index is 6.09. The van der Waals surface area contributed by atoms with Crippen molar-refractivity contribution in [2.24, 2.45) is 17.6 Å². The van der Waals surface area contributed by atoms with Crippen LogP contribution >= 0.6 is 0 Å². The number of nitrogens with two attached hydrogens (primary N) is 1. The van der Waals surface area contributed by atoms with Gasteiger partial charge in [-0.3, -0.25) is 0 Å². The van der Waals surface area contributed by atoms with Crippen LogP contribution in [0.25, 0.3) is 0 Å². The number of hydrogen-bond acceptors (Lipinski definition) is 3. The minimum Gasteiger partial charge on any atom is -0.330 e. The fourth-order valence-electron chi connectivity index (χ4n) is 3.74. The number of hydrogen-bond donors (Lipinski definition) is 1. The van der Waals surface area contributed by atoms with Gasteiger partial charge in [-0.05, 0) is 71.1 Å². The molecule has 2 aliphatic heterocycles. The van der Waals surface area contributed by atoms with Gasteiger partial charge in [-0.1, -0.05) is 12.8 Å². The third kappa shape index (κ3) is 4.44. The van der Waals surface area contributed by atoms with E-state index in [2.05, 4.69) is 23.6 Å². The van der Waals surface area contributed by atoms with Crippen molar-refractivity contribution in [3.05, 3.63) is 0 Å². The van der Waals surface area contributed by atoms with Crippen LogP contribution in [0.4, 0.5) is 0 Å². The van der Waals surface area contributed by atoms with Gasteiger partial charge in [0.05, 0.1) is 0 Å². The van der Waals surface area contributed by atoms with Gasteiger partial charge < -0.3 is 15.5 Å². The van der Waals surface area contributed by atoms with Gasteiger partial charge in [0, 0.05) is 19.1 Å². The highest BCUT2D eigenvalue weighted by Gasteiger charge is 2.30. The molecule has 0 aromatic carbocycles. The molecule has 2 heterocycles. The van der Waals surface area contributed by atoms with Crippen molar-refractivity contribution in [1.29, 1.82) is 0 Å². The Bertz CT molecular complexity index is 246. The zero-order chi connectivity index (χ0) is 13.7. The predicted octanol–water partition coefficient (Wildman–Crippen LogP) is 2.17. The summed E-state index contributed by atoms with van der Waals surface area (Å²) in [6, 6.07) is 0.696. The summed E-state index contributed by atoms with van der Waals surface area (Å²) in [7, 11) is 0. The van der Waals surface area contributed by atoms with Crippen molar-refractivity contribution in [3.8, 4) is 0 Å². The molecule has 3 heteroatoms. The van der Waals surface area contributed by atoms with Gasteiger partial charge in [0.25, 0.3) is 0 Å². The van der Waals surface area contributed by atoms with Crippen LogP contribution in [0.2, 0.25) is 0 Å². The zero-order valence-corrected chi connectivity index (χ0v) is 13.0. The lowest BCUT2D eigenvalue weighted by molar-refractivity contribution is 0.188. The van der Waals surface area contributed by atoms with Crippen molar-refractivity contribution in [2.45, 2.75) is 52.0 Å². The van der Waals surface area contributed by atoms with Crippen molar-refractivity contribution < 1.29 is 0 Å². The van der Waals surface area contributed by atoms with Crippen LogP contribution in [0.5, 0.6) is 0 Å². The Morgan fingerprint density at radius 2 is 1.74 bits per heavy atom. The molecule has 0 saturated carbocycles. The summed E-state index contributed by atoms with van der Waals surface area (Å²) in [5, 5.41) is 0. The van der Waals surface area contributed by atoms with Crippen molar-refractivity contribution in [3.63, 3.8) is 0 Å². The first kappa shape index (κ1) is 15.3. The van der Waals surface area contributed by atoms with E-state index in [1.807, 2.05) is 0 Å². The van der Waals surface area contributed by atoms with E-state index in [9.17, 15) is 0 Å². The molecule has 112 valence electrons. The number of likely N-dealkylation sites (tertiary alicyclic amines) is 2. The minimum absolute atomic E-state index is 0.696. The molecule has 0 amide bonds. The second-order valence-electron chi connectivity index (χ2n) is 6.85. The SMILES string of the molecule is CC(C)N1CCC(C(CN)CN2CCCCCC2)C1. The van der Waals surface area contributed by atoms with Crippen LogP contribution in [0.3, 0.4) is 0 Å².